The Hall–Kier alpha value is -1.59. The predicted molar refractivity (Wildman–Crippen MR) is 102 cm³/mol. The van der Waals surface area contributed by atoms with E-state index < -0.39 is 0 Å². The van der Waals surface area contributed by atoms with Gasteiger partial charge in [-0.2, -0.15) is 0 Å². The second-order valence-electron chi connectivity index (χ2n) is 8.08. The monoisotopic (exact) mass is 347 g/mol. The average Bonchev–Trinajstić information content (AvgIpc) is 2.57. The highest BCUT2D eigenvalue weighted by atomic mass is 16.5. The van der Waals surface area contributed by atoms with Crippen molar-refractivity contribution in [3.05, 3.63) is 35.4 Å². The Balaban J connectivity index is 1.97. The zero-order valence-electron chi connectivity index (χ0n) is 16.2. The number of carbonyl (C=O) groups excluding carboxylic acids is 1. The summed E-state index contributed by atoms with van der Waals surface area (Å²) in [6.07, 6.45) is 0. The van der Waals surface area contributed by atoms with Crippen molar-refractivity contribution in [2.45, 2.75) is 34.2 Å². The Morgan fingerprint density at radius 2 is 2.00 bits per heavy atom. The van der Waals surface area contributed by atoms with Crippen LogP contribution in [0.4, 0.5) is 4.79 Å². The summed E-state index contributed by atoms with van der Waals surface area (Å²) in [5, 5.41) is 3.09. The minimum Gasteiger partial charge on any atom is -0.379 e. The summed E-state index contributed by atoms with van der Waals surface area (Å²) in [4.78, 5) is 17.0. The summed E-state index contributed by atoms with van der Waals surface area (Å²) in [6, 6.07) is 8.40. The van der Waals surface area contributed by atoms with Crippen LogP contribution >= 0.6 is 0 Å². The van der Waals surface area contributed by atoms with Gasteiger partial charge in [0.25, 0.3) is 0 Å². The lowest BCUT2D eigenvalue weighted by Gasteiger charge is -2.31. The third-order valence-electron chi connectivity index (χ3n) is 4.30. The Labute approximate surface area is 152 Å². The van der Waals surface area contributed by atoms with E-state index in [0.29, 0.717) is 13.1 Å². The van der Waals surface area contributed by atoms with Crippen LogP contribution in [-0.2, 0) is 11.3 Å². The van der Waals surface area contributed by atoms with Gasteiger partial charge in [-0.3, -0.25) is 4.90 Å². The maximum Gasteiger partial charge on any atom is 0.317 e. The molecule has 1 fully saturated rings. The topological polar surface area (TPSA) is 44.8 Å². The number of aryl methyl sites for hydroxylation is 1. The number of benzene rings is 1. The zero-order valence-corrected chi connectivity index (χ0v) is 16.2. The average molecular weight is 348 g/mol. The van der Waals surface area contributed by atoms with Crippen molar-refractivity contribution in [3.8, 4) is 0 Å². The van der Waals surface area contributed by atoms with Crippen molar-refractivity contribution in [1.29, 1.82) is 0 Å². The van der Waals surface area contributed by atoms with E-state index >= 15 is 0 Å². The summed E-state index contributed by atoms with van der Waals surface area (Å²) in [5.74, 6) is 0. The molecule has 1 N–H and O–H groups in total. The van der Waals surface area contributed by atoms with Crippen LogP contribution in [0, 0.1) is 12.3 Å². The lowest BCUT2D eigenvalue weighted by Crippen LogP contribution is -2.47. The zero-order chi connectivity index (χ0) is 18.3. The first-order valence-electron chi connectivity index (χ1n) is 9.22. The molecule has 1 saturated heterocycles. The van der Waals surface area contributed by atoms with Gasteiger partial charge in [-0.05, 0) is 17.9 Å². The van der Waals surface area contributed by atoms with Crippen LogP contribution in [0.2, 0.25) is 0 Å². The van der Waals surface area contributed by atoms with E-state index in [9.17, 15) is 4.79 Å². The minimum atomic E-state index is 0.0182. The van der Waals surface area contributed by atoms with E-state index in [-0.39, 0.29) is 11.4 Å². The smallest absolute Gasteiger partial charge is 0.317 e. The van der Waals surface area contributed by atoms with Crippen LogP contribution in [0.3, 0.4) is 0 Å². The van der Waals surface area contributed by atoms with E-state index in [0.717, 1.165) is 39.4 Å². The van der Waals surface area contributed by atoms with E-state index in [1.807, 2.05) is 4.90 Å². The van der Waals surface area contributed by atoms with Gasteiger partial charge in [0.05, 0.1) is 13.2 Å². The summed E-state index contributed by atoms with van der Waals surface area (Å²) in [5.41, 5.74) is 2.48. The molecule has 0 saturated carbocycles. The molecule has 1 aliphatic rings. The van der Waals surface area contributed by atoms with Gasteiger partial charge in [0.15, 0.2) is 0 Å². The van der Waals surface area contributed by atoms with Crippen molar-refractivity contribution in [2.75, 3.05) is 45.9 Å². The fraction of sp³-hybridized carbons (Fsp3) is 0.650. The molecule has 2 amide bonds. The molecule has 5 nitrogen and oxygen atoms in total. The van der Waals surface area contributed by atoms with Crippen molar-refractivity contribution >= 4 is 6.03 Å². The number of urea groups is 1. The number of carbonyl (C=O) groups is 1. The van der Waals surface area contributed by atoms with Gasteiger partial charge in [-0.15, -0.1) is 0 Å². The number of nitrogens with one attached hydrogen (secondary N) is 1. The number of rotatable bonds is 6. The molecule has 1 heterocycles. The predicted octanol–water partition coefficient (Wildman–Crippen LogP) is 2.88. The SMILES string of the molecule is Cc1cccc(CN(CCN2CCOCC2)C(=O)NCC(C)(C)C)c1. The second-order valence-corrected chi connectivity index (χ2v) is 8.08. The molecule has 0 spiro atoms. The number of amides is 2. The third-order valence-corrected chi connectivity index (χ3v) is 4.30. The lowest BCUT2D eigenvalue weighted by atomic mass is 9.97. The number of hydrogen-bond acceptors (Lipinski definition) is 3. The Morgan fingerprint density at radius 1 is 1.28 bits per heavy atom. The molecule has 0 radical (unpaired) electrons. The van der Waals surface area contributed by atoms with Gasteiger partial charge in [-0.1, -0.05) is 50.6 Å². The van der Waals surface area contributed by atoms with Crippen LogP contribution in [-0.4, -0.2) is 61.8 Å². The van der Waals surface area contributed by atoms with Gasteiger partial charge in [0.1, 0.15) is 0 Å². The minimum absolute atomic E-state index is 0.0182. The Kier molecular flexibility index (Phi) is 7.26. The van der Waals surface area contributed by atoms with Gasteiger partial charge in [0, 0.05) is 39.3 Å². The fourth-order valence-corrected chi connectivity index (χ4v) is 2.82. The van der Waals surface area contributed by atoms with Crippen LogP contribution in [0.25, 0.3) is 0 Å². The molecule has 0 bridgehead atoms. The number of ether oxygens (including phenoxy) is 1. The van der Waals surface area contributed by atoms with E-state index in [2.05, 4.69) is 62.2 Å². The normalized spacial score (nSPS) is 15.8. The molecule has 0 unspecified atom stereocenters. The number of morpholine rings is 1. The highest BCUT2D eigenvalue weighted by molar-refractivity contribution is 5.74. The van der Waals surface area contributed by atoms with Crippen molar-refractivity contribution in [2.24, 2.45) is 5.41 Å². The highest BCUT2D eigenvalue weighted by Crippen LogP contribution is 2.12. The molecule has 0 aliphatic carbocycles. The first-order chi connectivity index (χ1) is 11.8. The molecule has 2 rings (SSSR count). The van der Waals surface area contributed by atoms with Crippen molar-refractivity contribution in [1.82, 2.24) is 15.1 Å². The second kappa shape index (κ2) is 9.20. The Bertz CT molecular complexity index is 548. The maximum atomic E-state index is 12.7. The number of nitrogens with zero attached hydrogens (tertiary/aromatic N) is 2. The van der Waals surface area contributed by atoms with Crippen molar-refractivity contribution < 1.29 is 9.53 Å². The molecular formula is C20H33N3O2. The molecule has 140 valence electrons. The van der Waals surface area contributed by atoms with E-state index in [1.165, 1.54) is 11.1 Å². The summed E-state index contributed by atoms with van der Waals surface area (Å²) >= 11 is 0. The largest absolute Gasteiger partial charge is 0.379 e. The summed E-state index contributed by atoms with van der Waals surface area (Å²) in [6.45, 7) is 14.9. The van der Waals surface area contributed by atoms with Gasteiger partial charge >= 0.3 is 6.03 Å². The van der Waals surface area contributed by atoms with Crippen LogP contribution in [0.15, 0.2) is 24.3 Å². The summed E-state index contributed by atoms with van der Waals surface area (Å²) < 4.78 is 5.40. The van der Waals surface area contributed by atoms with Gasteiger partial charge < -0.3 is 15.0 Å². The van der Waals surface area contributed by atoms with E-state index in [1.54, 1.807) is 0 Å². The third kappa shape index (κ3) is 7.45. The first-order valence-corrected chi connectivity index (χ1v) is 9.22. The highest BCUT2D eigenvalue weighted by Gasteiger charge is 2.19. The van der Waals surface area contributed by atoms with Crippen LogP contribution < -0.4 is 5.32 Å². The molecular weight excluding hydrogens is 314 g/mol. The van der Waals surface area contributed by atoms with Gasteiger partial charge in [-0.25, -0.2) is 4.79 Å². The summed E-state index contributed by atoms with van der Waals surface area (Å²) in [7, 11) is 0. The molecule has 0 aromatic heterocycles. The lowest BCUT2D eigenvalue weighted by molar-refractivity contribution is 0.0346. The first kappa shape index (κ1) is 19.7. The standard InChI is InChI=1S/C20H33N3O2/c1-17-6-5-7-18(14-17)15-23(19(24)21-16-20(2,3)4)9-8-22-10-12-25-13-11-22/h5-7,14H,8-13,15-16H2,1-4H3,(H,21,24). The van der Waals surface area contributed by atoms with Crippen LogP contribution in [0.5, 0.6) is 0 Å². The maximum absolute atomic E-state index is 12.7. The molecule has 1 aromatic rings. The molecule has 0 atom stereocenters. The van der Waals surface area contributed by atoms with Crippen molar-refractivity contribution in [3.63, 3.8) is 0 Å². The van der Waals surface area contributed by atoms with Gasteiger partial charge in [0.2, 0.25) is 0 Å². The number of hydrogen-bond donors (Lipinski definition) is 1. The Morgan fingerprint density at radius 3 is 2.64 bits per heavy atom. The quantitative estimate of drug-likeness (QED) is 0.861. The van der Waals surface area contributed by atoms with Crippen LogP contribution in [0.1, 0.15) is 31.9 Å². The molecule has 25 heavy (non-hydrogen) atoms. The van der Waals surface area contributed by atoms with E-state index in [4.69, 9.17) is 4.74 Å². The molecule has 5 heteroatoms. The fourth-order valence-electron chi connectivity index (χ4n) is 2.82. The molecule has 1 aliphatic heterocycles. The molecule has 1 aromatic carbocycles.